The molecule has 0 amide bonds. The molecule has 0 saturated heterocycles. The molecule has 0 aliphatic rings. The van der Waals surface area contributed by atoms with Crippen LogP contribution in [0.3, 0.4) is 0 Å². The zero-order chi connectivity index (χ0) is 21.0. The van der Waals surface area contributed by atoms with Gasteiger partial charge in [0.15, 0.2) is 11.6 Å². The highest BCUT2D eigenvalue weighted by Gasteiger charge is 2.19. The largest absolute Gasteiger partial charge is 0.351 e. The first-order valence-corrected chi connectivity index (χ1v) is 9.77. The third-order valence-electron chi connectivity index (χ3n) is 4.42. The van der Waals surface area contributed by atoms with Crippen LogP contribution in [0.25, 0.3) is 17.1 Å². The van der Waals surface area contributed by atoms with E-state index in [1.54, 1.807) is 48.5 Å². The fourth-order valence-electron chi connectivity index (χ4n) is 3.11. The van der Waals surface area contributed by atoms with Crippen molar-refractivity contribution in [2.24, 2.45) is 5.92 Å². The number of aromatic nitrogens is 3. The lowest BCUT2D eigenvalue weighted by molar-refractivity contribution is -0.120. The standard InChI is InChI=1S/C22H22ClN3O3/c1-15(2)12-20(28)14-25-21(17-4-3-5-18(23)13-17)24-26(22(25)29)19-8-6-16(7-9-19)10-11-27/h3-9,11,13,15H,10,12,14H2,1-2H3. The first-order chi connectivity index (χ1) is 13.9. The number of benzene rings is 2. The zero-order valence-electron chi connectivity index (χ0n) is 16.3. The Labute approximate surface area is 173 Å². The second kappa shape index (κ2) is 9.01. The highest BCUT2D eigenvalue weighted by molar-refractivity contribution is 6.30. The number of aldehydes is 1. The minimum absolute atomic E-state index is 0.0359. The maximum Gasteiger partial charge on any atom is 0.351 e. The second-order valence-corrected chi connectivity index (χ2v) is 7.72. The van der Waals surface area contributed by atoms with Gasteiger partial charge in [-0.25, -0.2) is 4.79 Å². The van der Waals surface area contributed by atoms with E-state index in [2.05, 4.69) is 5.10 Å². The number of carbonyl (C=O) groups excluding carboxylic acids is 2. The summed E-state index contributed by atoms with van der Waals surface area (Å²) >= 11 is 6.11. The van der Waals surface area contributed by atoms with E-state index in [4.69, 9.17) is 11.6 Å². The molecule has 6 nitrogen and oxygen atoms in total. The normalized spacial score (nSPS) is 11.0. The monoisotopic (exact) mass is 411 g/mol. The van der Waals surface area contributed by atoms with E-state index < -0.39 is 5.69 Å². The van der Waals surface area contributed by atoms with E-state index in [1.165, 1.54) is 9.25 Å². The molecule has 0 fully saturated rings. The van der Waals surface area contributed by atoms with Crippen molar-refractivity contribution in [1.82, 2.24) is 14.3 Å². The first-order valence-electron chi connectivity index (χ1n) is 9.39. The van der Waals surface area contributed by atoms with Crippen molar-refractivity contribution in [1.29, 1.82) is 0 Å². The molecule has 0 N–H and O–H groups in total. The van der Waals surface area contributed by atoms with Crippen molar-refractivity contribution in [3.05, 3.63) is 69.6 Å². The van der Waals surface area contributed by atoms with Crippen LogP contribution in [0.5, 0.6) is 0 Å². The second-order valence-electron chi connectivity index (χ2n) is 7.29. The average molecular weight is 412 g/mol. The fourth-order valence-corrected chi connectivity index (χ4v) is 3.30. The molecule has 0 unspecified atom stereocenters. The van der Waals surface area contributed by atoms with Gasteiger partial charge in [0.2, 0.25) is 0 Å². The Kier molecular flexibility index (Phi) is 6.44. The van der Waals surface area contributed by atoms with E-state index in [0.29, 0.717) is 34.9 Å². The van der Waals surface area contributed by atoms with Crippen LogP contribution in [0.4, 0.5) is 0 Å². The molecule has 1 heterocycles. The Morgan fingerprint density at radius 1 is 1.17 bits per heavy atom. The van der Waals surface area contributed by atoms with Gasteiger partial charge in [0.05, 0.1) is 12.2 Å². The van der Waals surface area contributed by atoms with Gasteiger partial charge in [-0.05, 0) is 35.7 Å². The number of nitrogens with zero attached hydrogens (tertiary/aromatic N) is 3. The first kappa shape index (κ1) is 20.7. The lowest BCUT2D eigenvalue weighted by atomic mass is 10.1. The fraction of sp³-hybridized carbons (Fsp3) is 0.273. The third kappa shape index (κ3) is 4.90. The van der Waals surface area contributed by atoms with Gasteiger partial charge in [-0.3, -0.25) is 9.36 Å². The van der Waals surface area contributed by atoms with Crippen LogP contribution in [-0.2, 0) is 22.6 Å². The minimum atomic E-state index is -0.403. The number of rotatable bonds is 8. The molecule has 0 bridgehead atoms. The topological polar surface area (TPSA) is 74.0 Å². The van der Waals surface area contributed by atoms with Crippen LogP contribution in [-0.4, -0.2) is 26.4 Å². The van der Waals surface area contributed by atoms with Gasteiger partial charge in [-0.15, -0.1) is 5.10 Å². The summed E-state index contributed by atoms with van der Waals surface area (Å²) in [6, 6.07) is 14.0. The summed E-state index contributed by atoms with van der Waals surface area (Å²) in [6.07, 6.45) is 1.52. The molecule has 0 spiro atoms. The van der Waals surface area contributed by atoms with E-state index in [-0.39, 0.29) is 18.2 Å². The van der Waals surface area contributed by atoms with Crippen LogP contribution >= 0.6 is 11.6 Å². The molecular weight excluding hydrogens is 390 g/mol. The minimum Gasteiger partial charge on any atom is -0.303 e. The maximum atomic E-state index is 13.1. The van der Waals surface area contributed by atoms with Gasteiger partial charge in [0.25, 0.3) is 0 Å². The van der Waals surface area contributed by atoms with Crippen molar-refractivity contribution >= 4 is 23.7 Å². The van der Waals surface area contributed by atoms with Gasteiger partial charge in [-0.2, -0.15) is 4.68 Å². The molecule has 0 radical (unpaired) electrons. The molecule has 7 heteroatoms. The Morgan fingerprint density at radius 3 is 2.52 bits per heavy atom. The molecule has 150 valence electrons. The Balaban J connectivity index is 2.08. The van der Waals surface area contributed by atoms with E-state index in [1.807, 2.05) is 13.8 Å². The molecule has 0 saturated carbocycles. The molecule has 0 aliphatic carbocycles. The summed E-state index contributed by atoms with van der Waals surface area (Å²) in [4.78, 5) is 36.2. The van der Waals surface area contributed by atoms with Gasteiger partial charge >= 0.3 is 5.69 Å². The highest BCUT2D eigenvalue weighted by Crippen LogP contribution is 2.21. The number of Topliss-reactive ketones (excluding diaryl/α,β-unsaturated/α-hetero) is 1. The van der Waals surface area contributed by atoms with Crippen molar-refractivity contribution in [3.63, 3.8) is 0 Å². The summed E-state index contributed by atoms with van der Waals surface area (Å²) in [5.74, 6) is 0.547. The average Bonchev–Trinajstić information content (AvgIpc) is 2.98. The summed E-state index contributed by atoms with van der Waals surface area (Å²) in [5.41, 5.74) is 1.66. The number of ketones is 1. The Morgan fingerprint density at radius 2 is 1.90 bits per heavy atom. The van der Waals surface area contributed by atoms with E-state index in [9.17, 15) is 14.4 Å². The highest BCUT2D eigenvalue weighted by atomic mass is 35.5. The van der Waals surface area contributed by atoms with Crippen molar-refractivity contribution in [3.8, 4) is 17.1 Å². The Hall–Kier alpha value is -2.99. The van der Waals surface area contributed by atoms with Gasteiger partial charge in [0.1, 0.15) is 6.29 Å². The Bertz CT molecular complexity index is 1080. The van der Waals surface area contributed by atoms with Crippen molar-refractivity contribution < 1.29 is 9.59 Å². The zero-order valence-corrected chi connectivity index (χ0v) is 17.1. The number of halogens is 1. The van der Waals surface area contributed by atoms with Crippen LogP contribution in [0, 0.1) is 5.92 Å². The molecule has 0 atom stereocenters. The van der Waals surface area contributed by atoms with Gasteiger partial charge in [-0.1, -0.05) is 49.7 Å². The van der Waals surface area contributed by atoms with Crippen molar-refractivity contribution in [2.45, 2.75) is 33.2 Å². The smallest absolute Gasteiger partial charge is 0.303 e. The number of hydrogen-bond donors (Lipinski definition) is 0. The summed E-state index contributed by atoms with van der Waals surface area (Å²) in [5, 5.41) is 5.00. The SMILES string of the molecule is CC(C)CC(=O)Cn1c(-c2cccc(Cl)c2)nn(-c2ccc(CC=O)cc2)c1=O. The van der Waals surface area contributed by atoms with Crippen molar-refractivity contribution in [2.75, 3.05) is 0 Å². The third-order valence-corrected chi connectivity index (χ3v) is 4.65. The summed E-state index contributed by atoms with van der Waals surface area (Å²) < 4.78 is 2.65. The molecule has 0 aliphatic heterocycles. The van der Waals surface area contributed by atoms with E-state index in [0.717, 1.165) is 11.8 Å². The predicted octanol–water partition coefficient (Wildman–Crippen LogP) is 3.71. The van der Waals surface area contributed by atoms with Crippen LogP contribution in [0.15, 0.2) is 53.3 Å². The summed E-state index contributed by atoms with van der Waals surface area (Å²) in [6.45, 7) is 3.87. The van der Waals surface area contributed by atoms with Crippen LogP contribution in [0.1, 0.15) is 25.8 Å². The summed E-state index contributed by atoms with van der Waals surface area (Å²) in [7, 11) is 0. The molecule has 2 aromatic carbocycles. The molecule has 3 aromatic rings. The van der Waals surface area contributed by atoms with Gasteiger partial charge < -0.3 is 4.79 Å². The van der Waals surface area contributed by atoms with Crippen LogP contribution in [0.2, 0.25) is 5.02 Å². The lowest BCUT2D eigenvalue weighted by Gasteiger charge is -2.07. The maximum absolute atomic E-state index is 13.1. The van der Waals surface area contributed by atoms with Crippen LogP contribution < -0.4 is 5.69 Å². The quantitative estimate of drug-likeness (QED) is 0.529. The molecular formula is C22H22ClN3O3. The van der Waals surface area contributed by atoms with Gasteiger partial charge in [0, 0.05) is 23.4 Å². The predicted molar refractivity (Wildman–Crippen MR) is 113 cm³/mol. The number of hydrogen-bond acceptors (Lipinski definition) is 4. The molecule has 3 rings (SSSR count). The molecule has 1 aromatic heterocycles. The van der Waals surface area contributed by atoms with E-state index >= 15 is 0 Å². The number of carbonyl (C=O) groups is 2. The molecule has 29 heavy (non-hydrogen) atoms. The lowest BCUT2D eigenvalue weighted by Crippen LogP contribution is -2.27.